The molecule has 0 radical (unpaired) electrons. The molecule has 0 spiro atoms. The van der Waals surface area contributed by atoms with E-state index in [2.05, 4.69) is 5.32 Å². The Labute approximate surface area is 66.1 Å². The Bertz CT molecular complexity index is 193. The summed E-state index contributed by atoms with van der Waals surface area (Å²) in [6.07, 6.45) is 2.17. The fourth-order valence-electron chi connectivity index (χ4n) is 2.09. The molecule has 3 nitrogen and oxygen atoms in total. The highest BCUT2D eigenvalue weighted by molar-refractivity contribution is 5.81. The summed E-state index contributed by atoms with van der Waals surface area (Å²) in [5.41, 5.74) is -0.118. The van der Waals surface area contributed by atoms with Gasteiger partial charge in [0.15, 0.2) is 0 Å². The molecule has 1 heterocycles. The van der Waals surface area contributed by atoms with Crippen LogP contribution >= 0.6 is 0 Å². The average Bonchev–Trinajstić information content (AvgIpc) is 2.78. The number of rotatable bonds is 1. The monoisotopic (exact) mass is 155 g/mol. The van der Waals surface area contributed by atoms with Gasteiger partial charge in [-0.3, -0.25) is 4.79 Å². The molecule has 0 aromatic carbocycles. The molecule has 1 aliphatic heterocycles. The first-order chi connectivity index (χ1) is 5.29. The lowest BCUT2D eigenvalue weighted by molar-refractivity contribution is -0.148. The van der Waals surface area contributed by atoms with Crippen molar-refractivity contribution in [2.45, 2.75) is 12.8 Å². The molecule has 0 amide bonds. The van der Waals surface area contributed by atoms with Gasteiger partial charge in [0, 0.05) is 6.54 Å². The van der Waals surface area contributed by atoms with Crippen LogP contribution in [0.1, 0.15) is 12.8 Å². The van der Waals surface area contributed by atoms with Gasteiger partial charge >= 0.3 is 5.97 Å². The first kappa shape index (κ1) is 7.10. The van der Waals surface area contributed by atoms with Crippen LogP contribution in [0.2, 0.25) is 0 Å². The van der Waals surface area contributed by atoms with Crippen molar-refractivity contribution in [1.29, 1.82) is 0 Å². The van der Waals surface area contributed by atoms with Crippen molar-refractivity contribution in [2.75, 3.05) is 20.2 Å². The smallest absolute Gasteiger partial charge is 0.313 e. The number of methoxy groups -OCH3 is 1. The fourth-order valence-corrected chi connectivity index (χ4v) is 2.09. The number of hydrogen-bond acceptors (Lipinski definition) is 3. The zero-order valence-corrected chi connectivity index (χ0v) is 6.72. The Morgan fingerprint density at radius 2 is 2.55 bits per heavy atom. The maximum Gasteiger partial charge on any atom is 0.313 e. The standard InChI is InChI=1S/C8H13NO2/c1-11-7(10)8-4-6(8)2-3-9-5-8/h6,9H,2-5H2,1H3. The van der Waals surface area contributed by atoms with Crippen LogP contribution in [-0.4, -0.2) is 26.2 Å². The maximum absolute atomic E-state index is 11.3. The van der Waals surface area contributed by atoms with E-state index in [-0.39, 0.29) is 11.4 Å². The molecule has 0 aromatic rings. The SMILES string of the molecule is COC(=O)C12CNCCC1C2. The number of piperidine rings is 1. The predicted octanol–water partition coefficient (Wildman–Crippen LogP) is 0.159. The minimum absolute atomic E-state index is 0.0188. The van der Waals surface area contributed by atoms with Crippen molar-refractivity contribution in [1.82, 2.24) is 5.32 Å². The van der Waals surface area contributed by atoms with Gasteiger partial charge in [0.2, 0.25) is 0 Å². The summed E-state index contributed by atoms with van der Waals surface area (Å²) in [7, 11) is 1.47. The van der Waals surface area contributed by atoms with Gasteiger partial charge in [-0.05, 0) is 25.3 Å². The topological polar surface area (TPSA) is 38.3 Å². The third-order valence-electron chi connectivity index (χ3n) is 2.93. The van der Waals surface area contributed by atoms with E-state index < -0.39 is 0 Å². The van der Waals surface area contributed by atoms with E-state index in [4.69, 9.17) is 4.74 Å². The van der Waals surface area contributed by atoms with Gasteiger partial charge in [-0.2, -0.15) is 0 Å². The molecule has 1 saturated heterocycles. The predicted molar refractivity (Wildman–Crippen MR) is 40.0 cm³/mol. The molecule has 1 N–H and O–H groups in total. The number of ether oxygens (including phenoxy) is 1. The third kappa shape index (κ3) is 0.872. The number of carbonyl (C=O) groups excluding carboxylic acids is 1. The van der Waals surface area contributed by atoms with Gasteiger partial charge in [0.05, 0.1) is 12.5 Å². The highest BCUT2D eigenvalue weighted by Gasteiger charge is 2.61. The molecule has 11 heavy (non-hydrogen) atoms. The molecule has 2 rings (SSSR count). The average molecular weight is 155 g/mol. The second-order valence-electron chi connectivity index (χ2n) is 3.51. The first-order valence-corrected chi connectivity index (χ1v) is 4.09. The Kier molecular flexibility index (Phi) is 1.42. The Morgan fingerprint density at radius 3 is 3.18 bits per heavy atom. The summed E-state index contributed by atoms with van der Waals surface area (Å²) < 4.78 is 4.76. The molecule has 1 saturated carbocycles. The molecule has 3 heteroatoms. The third-order valence-corrected chi connectivity index (χ3v) is 2.93. The van der Waals surface area contributed by atoms with E-state index in [1.807, 2.05) is 0 Å². The second kappa shape index (κ2) is 2.21. The lowest BCUT2D eigenvalue weighted by Crippen LogP contribution is -2.37. The molecule has 2 aliphatic rings. The van der Waals surface area contributed by atoms with Gasteiger partial charge in [-0.15, -0.1) is 0 Å². The molecule has 2 fully saturated rings. The summed E-state index contributed by atoms with van der Waals surface area (Å²) >= 11 is 0. The first-order valence-electron chi connectivity index (χ1n) is 4.09. The summed E-state index contributed by atoms with van der Waals surface area (Å²) in [5.74, 6) is 0.589. The van der Waals surface area contributed by atoms with Crippen molar-refractivity contribution in [3.8, 4) is 0 Å². The van der Waals surface area contributed by atoms with Crippen molar-refractivity contribution >= 4 is 5.97 Å². The number of esters is 1. The number of carbonyl (C=O) groups is 1. The maximum atomic E-state index is 11.3. The Balaban J connectivity index is 2.07. The van der Waals surface area contributed by atoms with Crippen molar-refractivity contribution < 1.29 is 9.53 Å². The van der Waals surface area contributed by atoms with Crippen molar-refractivity contribution in [3.63, 3.8) is 0 Å². The Hall–Kier alpha value is -0.570. The molecule has 1 aliphatic carbocycles. The molecule has 2 atom stereocenters. The summed E-state index contributed by atoms with van der Waals surface area (Å²) in [4.78, 5) is 11.3. The van der Waals surface area contributed by atoms with E-state index in [0.717, 1.165) is 25.9 Å². The number of nitrogens with one attached hydrogen (secondary N) is 1. The highest BCUT2D eigenvalue weighted by atomic mass is 16.5. The van der Waals surface area contributed by atoms with Gasteiger partial charge in [0.1, 0.15) is 0 Å². The summed E-state index contributed by atoms with van der Waals surface area (Å²) in [6.45, 7) is 1.88. The molecule has 62 valence electrons. The zero-order chi connectivity index (χ0) is 7.90. The summed E-state index contributed by atoms with van der Waals surface area (Å²) in [5, 5.41) is 3.23. The lowest BCUT2D eigenvalue weighted by Gasteiger charge is -2.19. The van der Waals surface area contributed by atoms with E-state index in [9.17, 15) is 4.79 Å². The van der Waals surface area contributed by atoms with Gasteiger partial charge in [-0.25, -0.2) is 0 Å². The van der Waals surface area contributed by atoms with Crippen molar-refractivity contribution in [3.05, 3.63) is 0 Å². The lowest BCUT2D eigenvalue weighted by atomic mass is 9.99. The molecular formula is C8H13NO2. The van der Waals surface area contributed by atoms with E-state index in [1.54, 1.807) is 0 Å². The van der Waals surface area contributed by atoms with E-state index >= 15 is 0 Å². The van der Waals surface area contributed by atoms with Crippen LogP contribution in [-0.2, 0) is 9.53 Å². The van der Waals surface area contributed by atoms with Crippen LogP contribution < -0.4 is 5.32 Å². The van der Waals surface area contributed by atoms with Crippen LogP contribution in [0.3, 0.4) is 0 Å². The molecule has 2 unspecified atom stereocenters. The van der Waals surface area contributed by atoms with Gasteiger partial charge in [0.25, 0.3) is 0 Å². The van der Waals surface area contributed by atoms with Crippen LogP contribution in [0.4, 0.5) is 0 Å². The highest BCUT2D eigenvalue weighted by Crippen LogP contribution is 2.56. The van der Waals surface area contributed by atoms with E-state index in [0.29, 0.717) is 5.92 Å². The number of hydrogen-bond donors (Lipinski definition) is 1. The molecular weight excluding hydrogens is 142 g/mol. The fraction of sp³-hybridized carbons (Fsp3) is 0.875. The molecule has 0 aromatic heterocycles. The largest absolute Gasteiger partial charge is 0.469 e. The van der Waals surface area contributed by atoms with Gasteiger partial charge < -0.3 is 10.1 Å². The number of fused-ring (bicyclic) bond motifs is 1. The Morgan fingerprint density at radius 1 is 1.73 bits per heavy atom. The van der Waals surface area contributed by atoms with Crippen LogP contribution in [0.5, 0.6) is 0 Å². The molecule has 0 bridgehead atoms. The summed E-state index contributed by atoms with van der Waals surface area (Å²) in [6, 6.07) is 0. The van der Waals surface area contributed by atoms with Crippen LogP contribution in [0.25, 0.3) is 0 Å². The zero-order valence-electron chi connectivity index (χ0n) is 6.72. The van der Waals surface area contributed by atoms with E-state index in [1.165, 1.54) is 7.11 Å². The minimum atomic E-state index is -0.118. The van der Waals surface area contributed by atoms with Crippen molar-refractivity contribution in [2.24, 2.45) is 11.3 Å². The normalized spacial score (nSPS) is 41.0. The minimum Gasteiger partial charge on any atom is -0.469 e. The van der Waals surface area contributed by atoms with Crippen LogP contribution in [0.15, 0.2) is 0 Å². The second-order valence-corrected chi connectivity index (χ2v) is 3.51. The van der Waals surface area contributed by atoms with Gasteiger partial charge in [-0.1, -0.05) is 0 Å². The quantitative estimate of drug-likeness (QED) is 0.548. The van der Waals surface area contributed by atoms with Crippen LogP contribution in [0, 0.1) is 11.3 Å².